The van der Waals surface area contributed by atoms with Gasteiger partial charge >= 0.3 is 0 Å². The Morgan fingerprint density at radius 1 is 0.467 bits per heavy atom. The highest BCUT2D eigenvalue weighted by Gasteiger charge is 2.10. The van der Waals surface area contributed by atoms with Gasteiger partial charge < -0.3 is 10.2 Å². The van der Waals surface area contributed by atoms with Crippen LogP contribution in [0.15, 0.2) is 97.1 Å². The predicted molar refractivity (Wildman–Crippen MR) is 123 cm³/mol. The first-order valence-electron chi connectivity index (χ1n) is 10.2. The molecule has 0 spiro atoms. The molecule has 146 valence electrons. The second-order valence-electron chi connectivity index (χ2n) is 7.76. The molecule has 0 atom stereocenters. The molecule has 0 aliphatic rings. The third-order valence-corrected chi connectivity index (χ3v) is 5.75. The van der Waals surface area contributed by atoms with Crippen LogP contribution in [0.25, 0.3) is 21.5 Å². The summed E-state index contributed by atoms with van der Waals surface area (Å²) >= 11 is 0. The summed E-state index contributed by atoms with van der Waals surface area (Å²) in [7, 11) is 0. The zero-order chi connectivity index (χ0) is 20.5. The van der Waals surface area contributed by atoms with E-state index in [0.717, 1.165) is 43.8 Å². The van der Waals surface area contributed by atoms with Crippen molar-refractivity contribution < 1.29 is 10.2 Å². The Balaban J connectivity index is 1.44. The molecular weight excluding hydrogens is 368 g/mol. The van der Waals surface area contributed by atoms with Gasteiger partial charge in [0.1, 0.15) is 11.5 Å². The van der Waals surface area contributed by atoms with Gasteiger partial charge in [-0.05, 0) is 33.0 Å². The van der Waals surface area contributed by atoms with Gasteiger partial charge in [-0.2, -0.15) is 0 Å². The summed E-state index contributed by atoms with van der Waals surface area (Å²) in [5.41, 5.74) is 4.11. The van der Waals surface area contributed by atoms with Crippen LogP contribution in [-0.4, -0.2) is 10.2 Å². The van der Waals surface area contributed by atoms with Gasteiger partial charge in [0.25, 0.3) is 0 Å². The highest BCUT2D eigenvalue weighted by molar-refractivity contribution is 5.90. The van der Waals surface area contributed by atoms with Crippen molar-refractivity contribution in [3.63, 3.8) is 0 Å². The van der Waals surface area contributed by atoms with Gasteiger partial charge in [0.05, 0.1) is 0 Å². The molecule has 2 N–H and O–H groups in total. The summed E-state index contributed by atoms with van der Waals surface area (Å²) in [6.07, 6.45) is 1.32. The summed E-state index contributed by atoms with van der Waals surface area (Å²) < 4.78 is 0. The van der Waals surface area contributed by atoms with E-state index >= 15 is 0 Å². The number of hydrogen-bond acceptors (Lipinski definition) is 2. The molecule has 5 aromatic carbocycles. The molecule has 0 saturated carbocycles. The monoisotopic (exact) mass is 390 g/mol. The number of phenols is 2. The van der Waals surface area contributed by atoms with Crippen molar-refractivity contribution in [3.8, 4) is 11.5 Å². The fraction of sp³-hybridized carbons (Fsp3) is 0.0714. The van der Waals surface area contributed by atoms with E-state index in [1.165, 1.54) is 0 Å². The van der Waals surface area contributed by atoms with E-state index in [1.54, 1.807) is 0 Å². The smallest absolute Gasteiger partial charge is 0.126 e. The third kappa shape index (κ3) is 3.37. The van der Waals surface area contributed by atoms with Crippen LogP contribution >= 0.6 is 0 Å². The number of aromatic hydroxyl groups is 2. The SMILES string of the molecule is Oc1c(Cc2cccc(Cc3ccc4ccccc4c3O)c2)ccc2ccccc12. The summed E-state index contributed by atoms with van der Waals surface area (Å²) in [5, 5.41) is 25.3. The van der Waals surface area contributed by atoms with Crippen molar-refractivity contribution in [1.29, 1.82) is 0 Å². The summed E-state index contributed by atoms with van der Waals surface area (Å²) in [6.45, 7) is 0. The molecule has 5 aromatic rings. The maximum Gasteiger partial charge on any atom is 0.126 e. The van der Waals surface area contributed by atoms with Gasteiger partial charge in [-0.25, -0.2) is 0 Å². The molecule has 0 unspecified atom stereocenters. The topological polar surface area (TPSA) is 40.5 Å². The molecule has 2 nitrogen and oxygen atoms in total. The van der Waals surface area contributed by atoms with Crippen molar-refractivity contribution in [2.45, 2.75) is 12.8 Å². The molecule has 0 radical (unpaired) electrons. The largest absolute Gasteiger partial charge is 0.507 e. The van der Waals surface area contributed by atoms with Crippen molar-refractivity contribution in [1.82, 2.24) is 0 Å². The minimum Gasteiger partial charge on any atom is -0.507 e. The molecule has 0 amide bonds. The van der Waals surface area contributed by atoms with Crippen LogP contribution in [0.1, 0.15) is 22.3 Å². The van der Waals surface area contributed by atoms with Gasteiger partial charge in [0.2, 0.25) is 0 Å². The van der Waals surface area contributed by atoms with Crippen molar-refractivity contribution in [3.05, 3.63) is 119 Å². The van der Waals surface area contributed by atoms with E-state index in [0.29, 0.717) is 24.3 Å². The van der Waals surface area contributed by atoms with Gasteiger partial charge in [-0.1, -0.05) is 97.1 Å². The van der Waals surface area contributed by atoms with E-state index in [1.807, 2.05) is 66.7 Å². The lowest BCUT2D eigenvalue weighted by atomic mass is 9.96. The van der Waals surface area contributed by atoms with Crippen LogP contribution in [0.4, 0.5) is 0 Å². The van der Waals surface area contributed by atoms with Crippen molar-refractivity contribution in [2.24, 2.45) is 0 Å². The van der Waals surface area contributed by atoms with Crippen LogP contribution in [-0.2, 0) is 12.8 Å². The van der Waals surface area contributed by atoms with Crippen molar-refractivity contribution in [2.75, 3.05) is 0 Å². The average molecular weight is 390 g/mol. The van der Waals surface area contributed by atoms with E-state index in [9.17, 15) is 10.2 Å². The van der Waals surface area contributed by atoms with Gasteiger partial charge in [0, 0.05) is 23.6 Å². The number of phenolic OH excluding ortho intramolecular Hbond substituents is 2. The summed E-state index contributed by atoms with van der Waals surface area (Å²) in [4.78, 5) is 0. The molecule has 0 fully saturated rings. The van der Waals surface area contributed by atoms with Crippen LogP contribution in [0.5, 0.6) is 11.5 Å². The Bertz CT molecular complexity index is 1270. The molecule has 0 aromatic heterocycles. The molecular formula is C28H22O2. The number of rotatable bonds is 4. The number of hydrogen-bond donors (Lipinski definition) is 2. The second-order valence-corrected chi connectivity index (χ2v) is 7.76. The Kier molecular flexibility index (Phi) is 4.61. The predicted octanol–water partition coefficient (Wildman–Crippen LogP) is 6.59. The first kappa shape index (κ1) is 18.3. The van der Waals surface area contributed by atoms with Crippen LogP contribution in [0.2, 0.25) is 0 Å². The highest BCUT2D eigenvalue weighted by atomic mass is 16.3. The average Bonchev–Trinajstić information content (AvgIpc) is 2.78. The van der Waals surface area contributed by atoms with E-state index in [4.69, 9.17) is 0 Å². The van der Waals surface area contributed by atoms with E-state index in [2.05, 4.69) is 30.3 Å². The lowest BCUT2D eigenvalue weighted by molar-refractivity contribution is 0.475. The van der Waals surface area contributed by atoms with Crippen molar-refractivity contribution >= 4 is 21.5 Å². The maximum atomic E-state index is 10.7. The first-order valence-corrected chi connectivity index (χ1v) is 10.2. The minimum absolute atomic E-state index is 0.352. The fourth-order valence-electron chi connectivity index (χ4n) is 4.18. The zero-order valence-electron chi connectivity index (χ0n) is 16.5. The second kappa shape index (κ2) is 7.57. The highest BCUT2D eigenvalue weighted by Crippen LogP contribution is 2.32. The summed E-state index contributed by atoms with van der Waals surface area (Å²) in [6, 6.07) is 32.2. The molecule has 0 bridgehead atoms. The van der Waals surface area contributed by atoms with Gasteiger partial charge in [-0.15, -0.1) is 0 Å². The van der Waals surface area contributed by atoms with Crippen LogP contribution in [0.3, 0.4) is 0 Å². The number of benzene rings is 5. The van der Waals surface area contributed by atoms with Crippen LogP contribution in [0, 0.1) is 0 Å². The minimum atomic E-state index is 0.352. The fourth-order valence-corrected chi connectivity index (χ4v) is 4.18. The normalized spacial score (nSPS) is 11.2. The van der Waals surface area contributed by atoms with Gasteiger partial charge in [-0.3, -0.25) is 0 Å². The first-order chi connectivity index (χ1) is 14.7. The Hall–Kier alpha value is -3.78. The standard InChI is InChI=1S/C28H22O2/c29-27-23(14-12-21-8-1-3-10-25(21)27)17-19-6-5-7-20(16-19)18-24-15-13-22-9-2-4-11-26(22)28(24)30/h1-16,29-30H,17-18H2. The Labute approximate surface area is 175 Å². The molecule has 0 heterocycles. The lowest BCUT2D eigenvalue weighted by Crippen LogP contribution is -1.94. The quantitative estimate of drug-likeness (QED) is 0.364. The zero-order valence-corrected chi connectivity index (χ0v) is 16.5. The number of fused-ring (bicyclic) bond motifs is 2. The van der Waals surface area contributed by atoms with E-state index in [-0.39, 0.29) is 0 Å². The molecule has 0 saturated heterocycles. The third-order valence-electron chi connectivity index (χ3n) is 5.75. The molecule has 0 aliphatic carbocycles. The molecule has 2 heteroatoms. The lowest BCUT2D eigenvalue weighted by Gasteiger charge is -2.11. The molecule has 30 heavy (non-hydrogen) atoms. The van der Waals surface area contributed by atoms with Gasteiger partial charge in [0.15, 0.2) is 0 Å². The Morgan fingerprint density at radius 3 is 1.43 bits per heavy atom. The van der Waals surface area contributed by atoms with E-state index < -0.39 is 0 Å². The molecule has 5 rings (SSSR count). The maximum absolute atomic E-state index is 10.7. The summed E-state index contributed by atoms with van der Waals surface area (Å²) in [5.74, 6) is 0.705. The van der Waals surface area contributed by atoms with Crippen LogP contribution < -0.4 is 0 Å². The molecule has 0 aliphatic heterocycles. The Morgan fingerprint density at radius 2 is 0.933 bits per heavy atom.